The third kappa shape index (κ3) is 13.4. The first-order chi connectivity index (χ1) is 10.7. The van der Waals surface area contributed by atoms with Gasteiger partial charge >= 0.3 is 11.9 Å². The van der Waals surface area contributed by atoms with Gasteiger partial charge in [0.2, 0.25) is 0 Å². The molecule has 0 atom stereocenters. The summed E-state index contributed by atoms with van der Waals surface area (Å²) in [6, 6.07) is 0. The van der Waals surface area contributed by atoms with Crippen LogP contribution in [0.3, 0.4) is 0 Å². The smallest absolute Gasteiger partial charge is 0.311 e. The maximum Gasteiger partial charge on any atom is 0.311 e. The average molecular weight is 345 g/mol. The zero-order valence-corrected chi connectivity index (χ0v) is 17.7. The Morgan fingerprint density at radius 3 is 1.50 bits per heavy atom. The summed E-state index contributed by atoms with van der Waals surface area (Å²) < 4.78 is 10.2. The first-order valence-corrected chi connectivity index (χ1v) is 9.02. The van der Waals surface area contributed by atoms with E-state index in [9.17, 15) is 9.59 Å². The van der Waals surface area contributed by atoms with E-state index in [0.717, 1.165) is 19.3 Å². The van der Waals surface area contributed by atoms with E-state index in [2.05, 4.69) is 27.7 Å². The van der Waals surface area contributed by atoms with Crippen LogP contribution in [-0.2, 0) is 19.1 Å². The summed E-state index contributed by atoms with van der Waals surface area (Å²) in [5.41, 5.74) is -0.640. The quantitative estimate of drug-likeness (QED) is 0.479. The summed E-state index contributed by atoms with van der Waals surface area (Å²) in [5, 5.41) is 0. The van der Waals surface area contributed by atoms with Crippen LogP contribution in [0, 0.1) is 16.2 Å². The van der Waals surface area contributed by atoms with Gasteiger partial charge in [0.15, 0.2) is 0 Å². The van der Waals surface area contributed by atoms with Crippen molar-refractivity contribution in [2.45, 2.75) is 88.5 Å². The fourth-order valence-corrected chi connectivity index (χ4v) is 1.11. The molecule has 0 fully saturated rings. The van der Waals surface area contributed by atoms with Gasteiger partial charge in [-0.3, -0.25) is 9.59 Å². The highest BCUT2D eigenvalue weighted by Crippen LogP contribution is 2.22. The Morgan fingerprint density at radius 1 is 0.750 bits per heavy atom. The molecule has 0 heterocycles. The van der Waals surface area contributed by atoms with E-state index in [1.165, 1.54) is 0 Å². The molecule has 144 valence electrons. The average Bonchev–Trinajstić information content (AvgIpc) is 2.43. The van der Waals surface area contributed by atoms with E-state index in [1.807, 2.05) is 41.5 Å². The lowest BCUT2D eigenvalue weighted by molar-refractivity contribution is -0.156. The van der Waals surface area contributed by atoms with Crippen molar-refractivity contribution in [2.24, 2.45) is 16.2 Å². The molecule has 0 saturated heterocycles. The minimum Gasteiger partial charge on any atom is -0.465 e. The molecule has 0 aliphatic carbocycles. The Morgan fingerprint density at radius 2 is 1.17 bits per heavy atom. The number of carbonyl (C=O) groups is 2. The number of ether oxygens (including phenoxy) is 2. The van der Waals surface area contributed by atoms with Crippen molar-refractivity contribution in [1.29, 1.82) is 0 Å². The summed E-state index contributed by atoms with van der Waals surface area (Å²) >= 11 is 0. The van der Waals surface area contributed by atoms with Gasteiger partial charge in [-0.25, -0.2) is 0 Å². The second kappa shape index (κ2) is 10.7. The molecule has 0 radical (unpaired) electrons. The van der Waals surface area contributed by atoms with Crippen molar-refractivity contribution in [2.75, 3.05) is 13.2 Å². The van der Waals surface area contributed by atoms with Gasteiger partial charge in [0.25, 0.3) is 0 Å². The van der Waals surface area contributed by atoms with E-state index < -0.39 is 0 Å². The molecule has 0 amide bonds. The summed E-state index contributed by atoms with van der Waals surface area (Å²) in [7, 11) is 0. The van der Waals surface area contributed by atoms with Crippen LogP contribution in [0.15, 0.2) is 0 Å². The number of hydrogen-bond donors (Lipinski definition) is 0. The topological polar surface area (TPSA) is 52.6 Å². The van der Waals surface area contributed by atoms with Crippen LogP contribution in [-0.4, -0.2) is 25.2 Å². The zero-order chi connectivity index (χ0) is 19.6. The molecule has 0 aromatic carbocycles. The van der Waals surface area contributed by atoms with Crippen molar-refractivity contribution >= 4 is 11.9 Å². The van der Waals surface area contributed by atoms with Crippen molar-refractivity contribution in [3.8, 4) is 0 Å². The van der Waals surface area contributed by atoms with Crippen molar-refractivity contribution < 1.29 is 19.1 Å². The van der Waals surface area contributed by atoms with E-state index in [0.29, 0.717) is 13.2 Å². The zero-order valence-electron chi connectivity index (χ0n) is 17.7. The van der Waals surface area contributed by atoms with Crippen LogP contribution in [0.4, 0.5) is 0 Å². The molecule has 0 spiro atoms. The van der Waals surface area contributed by atoms with Crippen molar-refractivity contribution in [3.05, 3.63) is 0 Å². The monoisotopic (exact) mass is 344 g/mol. The largest absolute Gasteiger partial charge is 0.465 e. The predicted octanol–water partition coefficient (Wildman–Crippen LogP) is 5.39. The Kier molecular flexibility index (Phi) is 11.3. The van der Waals surface area contributed by atoms with Gasteiger partial charge in [-0.05, 0) is 59.8 Å². The minimum absolute atomic E-state index is 0.0981. The Hall–Kier alpha value is -1.06. The highest BCUT2D eigenvalue weighted by molar-refractivity contribution is 5.75. The van der Waals surface area contributed by atoms with E-state index in [-0.39, 0.29) is 28.2 Å². The third-order valence-electron chi connectivity index (χ3n) is 3.51. The molecule has 0 rings (SSSR count). The molecule has 0 aromatic rings. The van der Waals surface area contributed by atoms with Gasteiger partial charge in [-0.15, -0.1) is 0 Å². The lowest BCUT2D eigenvalue weighted by atomic mass is 9.91. The number of hydrogen-bond acceptors (Lipinski definition) is 4. The number of carbonyl (C=O) groups excluding carboxylic acids is 2. The predicted molar refractivity (Wildman–Crippen MR) is 99.8 cm³/mol. The van der Waals surface area contributed by atoms with Crippen LogP contribution in [0.2, 0.25) is 0 Å². The van der Waals surface area contributed by atoms with Gasteiger partial charge in [-0.2, -0.15) is 0 Å². The highest BCUT2D eigenvalue weighted by atomic mass is 16.5. The lowest BCUT2D eigenvalue weighted by Gasteiger charge is -2.25. The molecule has 0 aliphatic heterocycles. The third-order valence-corrected chi connectivity index (χ3v) is 3.51. The van der Waals surface area contributed by atoms with Gasteiger partial charge in [0.1, 0.15) is 0 Å². The second-order valence-electron chi connectivity index (χ2n) is 9.08. The number of esters is 2. The Labute approximate surface area is 149 Å². The first-order valence-electron chi connectivity index (χ1n) is 9.02. The molecule has 24 heavy (non-hydrogen) atoms. The molecular formula is C20H40O4. The molecule has 0 aromatic heterocycles. The van der Waals surface area contributed by atoms with Crippen molar-refractivity contribution in [3.63, 3.8) is 0 Å². The molecule has 0 N–H and O–H groups in total. The van der Waals surface area contributed by atoms with Gasteiger partial charge in [0, 0.05) is 0 Å². The standard InChI is InChI=1S/C11H22O2.C9H18O2/c1-7-11(5,6)8-13-9(12)10(2,3)4;1-5-6-7-11-8(10)9(2,3)4/h7-8H2,1-6H3;5-7H2,1-4H3. The van der Waals surface area contributed by atoms with E-state index in [4.69, 9.17) is 9.47 Å². The van der Waals surface area contributed by atoms with Crippen LogP contribution < -0.4 is 0 Å². The Balaban J connectivity index is 0. The maximum atomic E-state index is 11.4. The van der Waals surface area contributed by atoms with Gasteiger partial charge in [-0.1, -0.05) is 34.1 Å². The number of unbranched alkanes of at least 4 members (excludes halogenated alkanes) is 1. The van der Waals surface area contributed by atoms with Gasteiger partial charge in [0.05, 0.1) is 24.0 Å². The van der Waals surface area contributed by atoms with Gasteiger partial charge < -0.3 is 9.47 Å². The fraction of sp³-hybridized carbons (Fsp3) is 0.900. The fourth-order valence-electron chi connectivity index (χ4n) is 1.11. The first kappa shape index (κ1) is 25.2. The minimum atomic E-state index is -0.385. The molecular weight excluding hydrogens is 304 g/mol. The molecule has 0 unspecified atom stereocenters. The van der Waals surface area contributed by atoms with Crippen LogP contribution >= 0.6 is 0 Å². The normalized spacial score (nSPS) is 12.1. The molecule has 4 nitrogen and oxygen atoms in total. The van der Waals surface area contributed by atoms with Crippen LogP contribution in [0.5, 0.6) is 0 Å². The summed E-state index contributed by atoms with van der Waals surface area (Å²) in [5.74, 6) is -0.222. The molecule has 0 saturated carbocycles. The maximum absolute atomic E-state index is 11.4. The van der Waals surface area contributed by atoms with Crippen LogP contribution in [0.1, 0.15) is 88.5 Å². The SMILES string of the molecule is CCC(C)(C)COC(=O)C(C)(C)C.CCCCOC(=O)C(C)(C)C. The molecule has 0 bridgehead atoms. The highest BCUT2D eigenvalue weighted by Gasteiger charge is 2.26. The summed E-state index contributed by atoms with van der Waals surface area (Å²) in [6.07, 6.45) is 3.05. The van der Waals surface area contributed by atoms with Crippen molar-refractivity contribution in [1.82, 2.24) is 0 Å². The molecule has 4 heteroatoms. The van der Waals surface area contributed by atoms with E-state index in [1.54, 1.807) is 0 Å². The Bertz CT molecular complexity index is 370. The summed E-state index contributed by atoms with van der Waals surface area (Å²) in [4.78, 5) is 22.5. The van der Waals surface area contributed by atoms with E-state index >= 15 is 0 Å². The number of rotatable bonds is 6. The molecule has 0 aliphatic rings. The summed E-state index contributed by atoms with van der Waals surface area (Å²) in [6.45, 7) is 20.6. The lowest BCUT2D eigenvalue weighted by Crippen LogP contribution is -2.28. The second-order valence-corrected chi connectivity index (χ2v) is 9.08. The van der Waals surface area contributed by atoms with Crippen LogP contribution in [0.25, 0.3) is 0 Å².